The van der Waals surface area contributed by atoms with Gasteiger partial charge in [0.25, 0.3) is 0 Å². The maximum absolute atomic E-state index is 8.56. The van der Waals surface area contributed by atoms with Crippen molar-refractivity contribution in [3.8, 4) is 0 Å². The molecule has 0 aromatic heterocycles. The third-order valence-corrected chi connectivity index (χ3v) is 2.72. The molecule has 2 rings (SSSR count). The van der Waals surface area contributed by atoms with Gasteiger partial charge in [-0.15, -0.1) is 0 Å². The lowest BCUT2D eigenvalue weighted by Crippen LogP contribution is -2.23. The van der Waals surface area contributed by atoms with Crippen LogP contribution in [-0.2, 0) is 11.3 Å². The summed E-state index contributed by atoms with van der Waals surface area (Å²) < 4.78 is 0. The van der Waals surface area contributed by atoms with Crippen LogP contribution in [0.15, 0.2) is 42.5 Å². The number of rotatable bonds is 3. The number of carbonyl (C=O) groups is 1. The van der Waals surface area contributed by atoms with E-state index in [1.54, 1.807) is 0 Å². The summed E-state index contributed by atoms with van der Waals surface area (Å²) in [6.07, 6.45) is 4.62. The molecule has 2 atom stereocenters. The Bertz CT molecular complexity index is 387. The Morgan fingerprint density at radius 3 is 2.50 bits per heavy atom. The van der Waals surface area contributed by atoms with Gasteiger partial charge in [0.15, 0.2) is 0 Å². The van der Waals surface area contributed by atoms with Crippen molar-refractivity contribution in [3.05, 3.63) is 48.0 Å². The van der Waals surface area contributed by atoms with Crippen molar-refractivity contribution >= 4 is 6.16 Å². The molecular formula is C13H17NO4. The lowest BCUT2D eigenvalue weighted by atomic mass is 9.97. The Labute approximate surface area is 105 Å². The van der Waals surface area contributed by atoms with E-state index in [0.29, 0.717) is 5.92 Å². The van der Waals surface area contributed by atoms with Crippen LogP contribution in [0, 0.1) is 5.92 Å². The molecule has 0 spiro atoms. The van der Waals surface area contributed by atoms with Gasteiger partial charge in [-0.05, 0) is 18.4 Å². The summed E-state index contributed by atoms with van der Waals surface area (Å²) in [5.74, 6) is 5.67. The van der Waals surface area contributed by atoms with Gasteiger partial charge in [-0.2, -0.15) is 0 Å². The highest BCUT2D eigenvalue weighted by Gasteiger charge is 2.22. The van der Waals surface area contributed by atoms with E-state index in [-0.39, 0.29) is 6.10 Å². The van der Waals surface area contributed by atoms with Gasteiger partial charge in [0.05, 0.1) is 6.10 Å². The SMILES string of the molecule is NO[C@H]1CC=C[C@H]1Cc1ccccc1.O=C(O)O. The summed E-state index contributed by atoms with van der Waals surface area (Å²) in [7, 11) is 0. The highest BCUT2D eigenvalue weighted by Crippen LogP contribution is 2.23. The van der Waals surface area contributed by atoms with Crippen molar-refractivity contribution < 1.29 is 19.8 Å². The molecule has 0 unspecified atom stereocenters. The fourth-order valence-electron chi connectivity index (χ4n) is 1.93. The predicted octanol–water partition coefficient (Wildman–Crippen LogP) is 2.29. The van der Waals surface area contributed by atoms with E-state index in [0.717, 1.165) is 12.8 Å². The quantitative estimate of drug-likeness (QED) is 0.566. The van der Waals surface area contributed by atoms with Gasteiger partial charge in [0.1, 0.15) is 0 Å². The second-order valence-electron chi connectivity index (χ2n) is 3.97. The third kappa shape index (κ3) is 4.99. The van der Waals surface area contributed by atoms with E-state index in [4.69, 9.17) is 25.7 Å². The molecule has 0 fully saturated rings. The van der Waals surface area contributed by atoms with Crippen LogP contribution in [0.3, 0.4) is 0 Å². The summed E-state index contributed by atoms with van der Waals surface area (Å²) >= 11 is 0. The highest BCUT2D eigenvalue weighted by molar-refractivity contribution is 5.53. The summed E-state index contributed by atoms with van der Waals surface area (Å²) in [6.45, 7) is 0. The van der Waals surface area contributed by atoms with Gasteiger partial charge in [0.2, 0.25) is 0 Å². The lowest BCUT2D eigenvalue weighted by Gasteiger charge is -2.16. The number of hydrogen-bond acceptors (Lipinski definition) is 3. The number of carboxylic acid groups (broad SMARTS) is 2. The maximum Gasteiger partial charge on any atom is 0.503 e. The highest BCUT2D eigenvalue weighted by atomic mass is 16.6. The smallest absolute Gasteiger partial charge is 0.450 e. The first-order valence-electron chi connectivity index (χ1n) is 5.61. The van der Waals surface area contributed by atoms with Crippen molar-refractivity contribution in [1.82, 2.24) is 0 Å². The molecule has 1 aliphatic carbocycles. The molecule has 1 aromatic rings. The second-order valence-corrected chi connectivity index (χ2v) is 3.97. The van der Waals surface area contributed by atoms with Crippen molar-refractivity contribution in [3.63, 3.8) is 0 Å². The van der Waals surface area contributed by atoms with Crippen molar-refractivity contribution in [2.24, 2.45) is 11.8 Å². The Kier molecular flexibility index (Phi) is 5.90. The summed E-state index contributed by atoms with van der Waals surface area (Å²) in [5, 5.41) is 13.9. The number of benzene rings is 1. The van der Waals surface area contributed by atoms with E-state index in [1.807, 2.05) is 6.07 Å². The second kappa shape index (κ2) is 7.47. The zero-order valence-electron chi connectivity index (χ0n) is 9.90. The molecule has 4 N–H and O–H groups in total. The van der Waals surface area contributed by atoms with Crippen LogP contribution in [-0.4, -0.2) is 22.5 Å². The average Bonchev–Trinajstić information content (AvgIpc) is 2.77. The molecule has 0 bridgehead atoms. The summed E-state index contributed by atoms with van der Waals surface area (Å²) in [5.41, 5.74) is 1.34. The van der Waals surface area contributed by atoms with Crippen LogP contribution in [0.1, 0.15) is 12.0 Å². The zero-order valence-corrected chi connectivity index (χ0v) is 9.90. The van der Waals surface area contributed by atoms with E-state index < -0.39 is 6.16 Å². The number of hydrogen-bond donors (Lipinski definition) is 3. The Hall–Kier alpha value is -1.85. The normalized spacial score (nSPS) is 21.2. The molecule has 0 saturated heterocycles. The molecule has 0 heterocycles. The van der Waals surface area contributed by atoms with Crippen LogP contribution >= 0.6 is 0 Å². The first-order valence-corrected chi connectivity index (χ1v) is 5.61. The molecule has 0 saturated carbocycles. The van der Waals surface area contributed by atoms with Crippen LogP contribution in [0.2, 0.25) is 0 Å². The fourth-order valence-corrected chi connectivity index (χ4v) is 1.93. The topological polar surface area (TPSA) is 92.8 Å². The van der Waals surface area contributed by atoms with Crippen molar-refractivity contribution in [2.45, 2.75) is 18.9 Å². The first kappa shape index (κ1) is 14.2. The molecule has 1 aliphatic rings. The zero-order chi connectivity index (χ0) is 13.4. The summed E-state index contributed by atoms with van der Waals surface area (Å²) in [6, 6.07) is 10.4. The molecule has 5 nitrogen and oxygen atoms in total. The Morgan fingerprint density at radius 2 is 1.94 bits per heavy atom. The first-order chi connectivity index (χ1) is 8.63. The van der Waals surface area contributed by atoms with Crippen LogP contribution in [0.5, 0.6) is 0 Å². The molecule has 0 amide bonds. The fraction of sp³-hybridized carbons (Fsp3) is 0.308. The lowest BCUT2D eigenvalue weighted by molar-refractivity contribution is 0.0337. The maximum atomic E-state index is 8.56. The molecule has 1 aromatic carbocycles. The van der Waals surface area contributed by atoms with Gasteiger partial charge in [-0.3, -0.25) is 0 Å². The molecule has 18 heavy (non-hydrogen) atoms. The monoisotopic (exact) mass is 251 g/mol. The molecular weight excluding hydrogens is 234 g/mol. The Balaban J connectivity index is 0.000000357. The van der Waals surface area contributed by atoms with Gasteiger partial charge in [-0.1, -0.05) is 42.5 Å². The molecule has 0 aliphatic heterocycles. The van der Waals surface area contributed by atoms with E-state index in [2.05, 4.69) is 36.4 Å². The van der Waals surface area contributed by atoms with Crippen LogP contribution in [0.25, 0.3) is 0 Å². The van der Waals surface area contributed by atoms with E-state index in [1.165, 1.54) is 5.56 Å². The standard InChI is InChI=1S/C12H15NO.CH2O3/c13-14-12-8-4-7-11(12)9-10-5-2-1-3-6-10;2-1(3)4/h1-7,11-12H,8-9,13H2;(H2,2,3,4)/t11-,12-;/m0./s1. The minimum atomic E-state index is -1.83. The van der Waals surface area contributed by atoms with Crippen molar-refractivity contribution in [2.75, 3.05) is 0 Å². The van der Waals surface area contributed by atoms with Crippen molar-refractivity contribution in [1.29, 1.82) is 0 Å². The molecule has 98 valence electrons. The van der Waals surface area contributed by atoms with Gasteiger partial charge < -0.3 is 15.1 Å². The van der Waals surface area contributed by atoms with Gasteiger partial charge in [0, 0.05) is 5.92 Å². The van der Waals surface area contributed by atoms with Gasteiger partial charge >= 0.3 is 6.16 Å². The predicted molar refractivity (Wildman–Crippen MR) is 67.1 cm³/mol. The third-order valence-electron chi connectivity index (χ3n) is 2.72. The van der Waals surface area contributed by atoms with Crippen LogP contribution < -0.4 is 5.90 Å². The number of nitrogens with two attached hydrogens (primary N) is 1. The minimum Gasteiger partial charge on any atom is -0.450 e. The summed E-state index contributed by atoms with van der Waals surface area (Å²) in [4.78, 5) is 13.5. The van der Waals surface area contributed by atoms with E-state index >= 15 is 0 Å². The molecule has 5 heteroatoms. The Morgan fingerprint density at radius 1 is 1.33 bits per heavy atom. The largest absolute Gasteiger partial charge is 0.503 e. The average molecular weight is 251 g/mol. The van der Waals surface area contributed by atoms with E-state index in [9.17, 15) is 0 Å². The van der Waals surface area contributed by atoms with Crippen LogP contribution in [0.4, 0.5) is 4.79 Å². The molecule has 0 radical (unpaired) electrons. The van der Waals surface area contributed by atoms with Gasteiger partial charge in [-0.25, -0.2) is 10.7 Å². The minimum absolute atomic E-state index is 0.162.